The third-order valence-electron chi connectivity index (χ3n) is 6.13. The number of nitrogens with zero attached hydrogens (tertiary/aromatic N) is 4. The molecule has 0 amide bonds. The summed E-state index contributed by atoms with van der Waals surface area (Å²) < 4.78 is 47.7. The lowest BCUT2D eigenvalue weighted by atomic mass is 9.97. The van der Waals surface area contributed by atoms with Gasteiger partial charge in [0.1, 0.15) is 22.5 Å². The number of rotatable bonds is 4. The van der Waals surface area contributed by atoms with Crippen LogP contribution in [0.4, 0.5) is 19.0 Å². The van der Waals surface area contributed by atoms with Gasteiger partial charge in [0.2, 0.25) is 0 Å². The fourth-order valence-corrected chi connectivity index (χ4v) is 5.28. The Morgan fingerprint density at radius 3 is 2.79 bits per heavy atom. The second-order valence-electron chi connectivity index (χ2n) is 7.82. The van der Waals surface area contributed by atoms with Gasteiger partial charge in [-0.1, -0.05) is 18.2 Å². The molecule has 2 fully saturated rings. The van der Waals surface area contributed by atoms with Crippen LogP contribution in [0.25, 0.3) is 11.0 Å². The molecular formula is C20H20F3N5S. The molecule has 3 heterocycles. The summed E-state index contributed by atoms with van der Waals surface area (Å²) in [6.07, 6.45) is -2.24. The SMILES string of the molecule is FC(F)(F)c1cccc(N2CC3CCC(NCc4cccc5nsnc45)C3C2)n1. The number of aromatic nitrogens is 3. The highest BCUT2D eigenvalue weighted by molar-refractivity contribution is 7.00. The van der Waals surface area contributed by atoms with Crippen molar-refractivity contribution in [2.75, 3.05) is 18.0 Å². The van der Waals surface area contributed by atoms with E-state index in [1.54, 1.807) is 6.07 Å². The number of nitrogens with one attached hydrogen (secondary N) is 1. The van der Waals surface area contributed by atoms with Crippen molar-refractivity contribution in [2.24, 2.45) is 11.8 Å². The second-order valence-corrected chi connectivity index (χ2v) is 8.35. The molecule has 1 saturated carbocycles. The number of anilines is 1. The number of fused-ring (bicyclic) bond motifs is 2. The highest BCUT2D eigenvalue weighted by atomic mass is 32.1. The van der Waals surface area contributed by atoms with Gasteiger partial charge < -0.3 is 10.2 Å². The lowest BCUT2D eigenvalue weighted by Crippen LogP contribution is -2.35. The van der Waals surface area contributed by atoms with E-state index in [1.165, 1.54) is 17.8 Å². The highest BCUT2D eigenvalue weighted by Gasteiger charge is 2.43. The third kappa shape index (κ3) is 3.57. The molecule has 3 unspecified atom stereocenters. The van der Waals surface area contributed by atoms with Crippen molar-refractivity contribution in [3.8, 4) is 0 Å². The maximum Gasteiger partial charge on any atom is 0.433 e. The Bertz CT molecular complexity index is 1020. The van der Waals surface area contributed by atoms with Crippen LogP contribution in [0.15, 0.2) is 36.4 Å². The Morgan fingerprint density at radius 1 is 1.07 bits per heavy atom. The summed E-state index contributed by atoms with van der Waals surface area (Å²) >= 11 is 1.22. The molecule has 5 nitrogen and oxygen atoms in total. The smallest absolute Gasteiger partial charge is 0.356 e. The molecule has 1 aromatic carbocycles. The topological polar surface area (TPSA) is 53.9 Å². The molecule has 3 atom stereocenters. The van der Waals surface area contributed by atoms with Gasteiger partial charge in [0, 0.05) is 25.7 Å². The van der Waals surface area contributed by atoms with Crippen LogP contribution in [0, 0.1) is 11.8 Å². The van der Waals surface area contributed by atoms with E-state index in [9.17, 15) is 13.2 Å². The largest absolute Gasteiger partial charge is 0.433 e. The van der Waals surface area contributed by atoms with Crippen molar-refractivity contribution in [3.63, 3.8) is 0 Å². The Kier molecular flexibility index (Phi) is 4.66. The fourth-order valence-electron chi connectivity index (χ4n) is 4.71. The molecule has 1 aliphatic heterocycles. The minimum atomic E-state index is -4.42. The van der Waals surface area contributed by atoms with E-state index in [0.29, 0.717) is 23.7 Å². The number of pyridine rings is 1. The summed E-state index contributed by atoms with van der Waals surface area (Å²) in [6.45, 7) is 2.22. The maximum atomic E-state index is 13.0. The van der Waals surface area contributed by atoms with Gasteiger partial charge in [-0.15, -0.1) is 0 Å². The molecule has 1 aliphatic carbocycles. The fraction of sp³-hybridized carbons (Fsp3) is 0.450. The first-order valence-electron chi connectivity index (χ1n) is 9.72. The van der Waals surface area contributed by atoms with E-state index < -0.39 is 11.9 Å². The van der Waals surface area contributed by atoms with Crippen molar-refractivity contribution in [1.82, 2.24) is 19.0 Å². The van der Waals surface area contributed by atoms with Crippen LogP contribution < -0.4 is 10.2 Å². The number of benzene rings is 1. The zero-order valence-electron chi connectivity index (χ0n) is 15.6. The van der Waals surface area contributed by atoms with Gasteiger partial charge in [-0.25, -0.2) is 4.98 Å². The van der Waals surface area contributed by atoms with Gasteiger partial charge in [0.05, 0.1) is 11.7 Å². The van der Waals surface area contributed by atoms with E-state index in [1.807, 2.05) is 17.0 Å². The first-order valence-corrected chi connectivity index (χ1v) is 10.4. The summed E-state index contributed by atoms with van der Waals surface area (Å²) in [5.74, 6) is 1.32. The molecule has 0 spiro atoms. The van der Waals surface area contributed by atoms with Gasteiger partial charge >= 0.3 is 6.18 Å². The molecule has 5 rings (SSSR count). The lowest BCUT2D eigenvalue weighted by molar-refractivity contribution is -0.141. The summed E-state index contributed by atoms with van der Waals surface area (Å²) in [7, 11) is 0. The van der Waals surface area contributed by atoms with Gasteiger partial charge in [-0.3, -0.25) is 0 Å². The Balaban J connectivity index is 1.27. The molecule has 1 N–H and O–H groups in total. The van der Waals surface area contributed by atoms with Crippen LogP contribution in [-0.2, 0) is 12.7 Å². The summed E-state index contributed by atoms with van der Waals surface area (Å²) in [5, 5.41) is 3.67. The lowest BCUT2D eigenvalue weighted by Gasteiger charge is -2.23. The second kappa shape index (κ2) is 7.21. The number of hydrogen-bond donors (Lipinski definition) is 1. The van der Waals surface area contributed by atoms with Crippen LogP contribution in [0.3, 0.4) is 0 Å². The van der Waals surface area contributed by atoms with Crippen LogP contribution in [0.1, 0.15) is 24.1 Å². The molecule has 152 valence electrons. The van der Waals surface area contributed by atoms with Crippen molar-refractivity contribution in [1.29, 1.82) is 0 Å². The molecule has 1 saturated heterocycles. The Morgan fingerprint density at radius 2 is 1.93 bits per heavy atom. The van der Waals surface area contributed by atoms with E-state index in [0.717, 1.165) is 55.1 Å². The molecule has 0 radical (unpaired) electrons. The number of hydrogen-bond acceptors (Lipinski definition) is 6. The van der Waals surface area contributed by atoms with Crippen LogP contribution in [0.2, 0.25) is 0 Å². The predicted octanol–water partition coefficient (Wildman–Crippen LogP) is 4.11. The zero-order valence-corrected chi connectivity index (χ0v) is 16.4. The molecule has 2 aromatic heterocycles. The van der Waals surface area contributed by atoms with Crippen molar-refractivity contribution in [3.05, 3.63) is 47.7 Å². The summed E-state index contributed by atoms with van der Waals surface area (Å²) in [5.41, 5.74) is 2.17. The average Bonchev–Trinajstić information content (AvgIpc) is 3.42. The molecule has 29 heavy (non-hydrogen) atoms. The maximum absolute atomic E-state index is 13.0. The first kappa shape index (κ1) is 18.7. The monoisotopic (exact) mass is 419 g/mol. The summed E-state index contributed by atoms with van der Waals surface area (Å²) in [4.78, 5) is 5.87. The number of alkyl halides is 3. The van der Waals surface area contributed by atoms with Gasteiger partial charge in [0.25, 0.3) is 0 Å². The highest BCUT2D eigenvalue weighted by Crippen LogP contribution is 2.40. The van der Waals surface area contributed by atoms with Crippen molar-refractivity contribution < 1.29 is 13.2 Å². The molecular weight excluding hydrogens is 399 g/mol. The predicted molar refractivity (Wildman–Crippen MR) is 106 cm³/mol. The number of halogens is 3. The Labute approximate surface area is 170 Å². The minimum Gasteiger partial charge on any atom is -0.356 e. The van der Waals surface area contributed by atoms with Crippen molar-refractivity contribution in [2.45, 2.75) is 31.6 Å². The quantitative estimate of drug-likeness (QED) is 0.690. The van der Waals surface area contributed by atoms with Crippen LogP contribution in [0.5, 0.6) is 0 Å². The van der Waals surface area contributed by atoms with E-state index in [-0.39, 0.29) is 0 Å². The zero-order chi connectivity index (χ0) is 20.0. The molecule has 3 aromatic rings. The summed E-state index contributed by atoms with van der Waals surface area (Å²) in [6, 6.07) is 10.5. The standard InChI is InChI=1S/C20H20F3N5S/c21-20(22,23)17-5-2-6-18(25-17)28-10-13-7-8-15(14(13)11-28)24-9-12-3-1-4-16-19(12)27-29-26-16/h1-6,13-15,24H,7-11H2. The molecule has 9 heteroatoms. The van der Waals surface area contributed by atoms with Gasteiger partial charge in [-0.2, -0.15) is 21.9 Å². The van der Waals surface area contributed by atoms with E-state index in [2.05, 4.69) is 25.1 Å². The van der Waals surface area contributed by atoms with Crippen LogP contribution in [-0.4, -0.2) is 32.9 Å². The van der Waals surface area contributed by atoms with Gasteiger partial charge in [0.15, 0.2) is 0 Å². The Hall–Kier alpha value is -2.26. The van der Waals surface area contributed by atoms with Crippen LogP contribution >= 0.6 is 11.7 Å². The van der Waals surface area contributed by atoms with E-state index in [4.69, 9.17) is 0 Å². The van der Waals surface area contributed by atoms with E-state index >= 15 is 0 Å². The molecule has 0 bridgehead atoms. The minimum absolute atomic E-state index is 0.345. The van der Waals surface area contributed by atoms with Gasteiger partial charge in [-0.05, 0) is 48.4 Å². The third-order valence-corrected chi connectivity index (χ3v) is 6.67. The average molecular weight is 419 g/mol. The first-order chi connectivity index (χ1) is 14.0. The molecule has 2 aliphatic rings. The normalized spacial score (nSPS) is 24.4. The van der Waals surface area contributed by atoms with Crippen molar-refractivity contribution >= 4 is 28.6 Å².